The Hall–Kier alpha value is -0.140. The number of anilines is 1. The molecule has 14 heavy (non-hydrogen) atoms. The van der Waals surface area contributed by atoms with Crippen LogP contribution in [0.2, 0.25) is 0 Å². The normalized spacial score (nSPS) is 12.5. The number of hydrogen-bond acceptors (Lipinski definition) is 4. The molecule has 1 atom stereocenters. The maximum atomic E-state index is 5.92. The van der Waals surface area contributed by atoms with Gasteiger partial charge in [-0.25, -0.2) is 9.97 Å². The van der Waals surface area contributed by atoms with Gasteiger partial charge in [0.25, 0.3) is 0 Å². The van der Waals surface area contributed by atoms with Crippen LogP contribution in [0, 0.1) is 3.57 Å². The van der Waals surface area contributed by atoms with E-state index in [0.717, 1.165) is 3.57 Å². The van der Waals surface area contributed by atoms with E-state index in [1.165, 1.54) is 0 Å². The van der Waals surface area contributed by atoms with Crippen LogP contribution in [0.1, 0.15) is 0 Å². The molecular weight excluding hydrogens is 316 g/mol. The van der Waals surface area contributed by atoms with E-state index < -0.39 is 0 Å². The Morgan fingerprint density at radius 2 is 2.21 bits per heavy atom. The average molecular weight is 328 g/mol. The Kier molecular flexibility index (Phi) is 5.42. The van der Waals surface area contributed by atoms with E-state index in [-0.39, 0.29) is 5.38 Å². The lowest BCUT2D eigenvalue weighted by Crippen LogP contribution is -2.20. The quantitative estimate of drug-likeness (QED) is 0.661. The first-order valence-corrected chi connectivity index (χ1v) is 5.58. The van der Waals surface area contributed by atoms with Crippen LogP contribution in [-0.4, -0.2) is 35.6 Å². The highest BCUT2D eigenvalue weighted by Gasteiger charge is 2.03. The van der Waals surface area contributed by atoms with Crippen molar-refractivity contribution >= 4 is 40.1 Å². The van der Waals surface area contributed by atoms with Crippen LogP contribution in [0.5, 0.6) is 0 Å². The maximum Gasteiger partial charge on any atom is 0.222 e. The van der Waals surface area contributed by atoms with Gasteiger partial charge in [-0.2, -0.15) is 0 Å². The summed E-state index contributed by atoms with van der Waals surface area (Å²) in [6.07, 6.45) is 3.49. The molecule has 4 nitrogen and oxygen atoms in total. The lowest BCUT2D eigenvalue weighted by Gasteiger charge is -2.09. The van der Waals surface area contributed by atoms with Gasteiger partial charge in [-0.05, 0) is 22.6 Å². The third-order valence-electron chi connectivity index (χ3n) is 1.45. The predicted octanol–water partition coefficient (Wildman–Crippen LogP) is 1.75. The molecule has 0 bridgehead atoms. The highest BCUT2D eigenvalue weighted by molar-refractivity contribution is 14.1. The lowest BCUT2D eigenvalue weighted by atomic mass is 10.4. The summed E-state index contributed by atoms with van der Waals surface area (Å²) in [6.45, 7) is 1.11. The first-order valence-electron chi connectivity index (χ1n) is 4.07. The van der Waals surface area contributed by atoms with E-state index in [2.05, 4.69) is 37.9 Å². The number of hydrogen-bond donors (Lipinski definition) is 1. The molecule has 1 N–H and O–H groups in total. The average Bonchev–Trinajstić information content (AvgIpc) is 2.17. The SMILES string of the molecule is COCC(Cl)CNc1ncc(I)cn1. The van der Waals surface area contributed by atoms with Crippen molar-refractivity contribution in [2.75, 3.05) is 25.6 Å². The summed E-state index contributed by atoms with van der Waals surface area (Å²) in [4.78, 5) is 8.16. The van der Waals surface area contributed by atoms with Gasteiger partial charge >= 0.3 is 0 Å². The fourth-order valence-electron chi connectivity index (χ4n) is 0.845. The summed E-state index contributed by atoms with van der Waals surface area (Å²) in [5, 5.41) is 2.95. The first kappa shape index (κ1) is 11.9. The minimum Gasteiger partial charge on any atom is -0.383 e. The van der Waals surface area contributed by atoms with Crippen molar-refractivity contribution < 1.29 is 4.74 Å². The maximum absolute atomic E-state index is 5.92. The Morgan fingerprint density at radius 3 is 2.79 bits per heavy atom. The minimum absolute atomic E-state index is 0.0668. The summed E-state index contributed by atoms with van der Waals surface area (Å²) >= 11 is 8.07. The van der Waals surface area contributed by atoms with E-state index in [0.29, 0.717) is 19.1 Å². The van der Waals surface area contributed by atoms with Crippen molar-refractivity contribution in [1.29, 1.82) is 0 Å². The molecule has 1 aromatic heterocycles. The first-order chi connectivity index (χ1) is 6.72. The molecule has 0 aromatic carbocycles. The molecule has 0 aliphatic carbocycles. The van der Waals surface area contributed by atoms with E-state index in [1.54, 1.807) is 19.5 Å². The van der Waals surface area contributed by atoms with Gasteiger partial charge in [0.1, 0.15) is 0 Å². The standard InChI is InChI=1S/C8H11ClIN3O/c1-14-5-6(9)2-11-8-12-3-7(10)4-13-8/h3-4,6H,2,5H2,1H3,(H,11,12,13). The van der Waals surface area contributed by atoms with Gasteiger partial charge in [0.05, 0.1) is 12.0 Å². The summed E-state index contributed by atoms with van der Waals surface area (Å²) in [5.41, 5.74) is 0. The van der Waals surface area contributed by atoms with Gasteiger partial charge in [0.2, 0.25) is 5.95 Å². The summed E-state index contributed by atoms with van der Waals surface area (Å²) in [5.74, 6) is 0.590. The Morgan fingerprint density at radius 1 is 1.57 bits per heavy atom. The molecule has 1 unspecified atom stereocenters. The number of rotatable bonds is 5. The van der Waals surface area contributed by atoms with Crippen molar-refractivity contribution in [2.45, 2.75) is 5.38 Å². The van der Waals surface area contributed by atoms with Gasteiger partial charge in [-0.15, -0.1) is 11.6 Å². The van der Waals surface area contributed by atoms with Crippen LogP contribution >= 0.6 is 34.2 Å². The van der Waals surface area contributed by atoms with E-state index in [1.807, 2.05) is 0 Å². The molecule has 1 aromatic rings. The third-order valence-corrected chi connectivity index (χ3v) is 2.29. The van der Waals surface area contributed by atoms with Crippen LogP contribution in [0.3, 0.4) is 0 Å². The van der Waals surface area contributed by atoms with Gasteiger partial charge in [0.15, 0.2) is 0 Å². The van der Waals surface area contributed by atoms with Crippen molar-refractivity contribution in [2.24, 2.45) is 0 Å². The number of aromatic nitrogens is 2. The number of nitrogens with zero attached hydrogens (tertiary/aromatic N) is 2. The van der Waals surface area contributed by atoms with Gasteiger partial charge in [-0.3, -0.25) is 0 Å². The molecule has 0 saturated carbocycles. The van der Waals surface area contributed by atoms with Crippen LogP contribution in [0.15, 0.2) is 12.4 Å². The van der Waals surface area contributed by atoms with Crippen LogP contribution < -0.4 is 5.32 Å². The van der Waals surface area contributed by atoms with Crippen molar-refractivity contribution in [1.82, 2.24) is 9.97 Å². The van der Waals surface area contributed by atoms with Gasteiger partial charge in [0, 0.05) is 29.6 Å². The number of ether oxygens (including phenoxy) is 1. The smallest absolute Gasteiger partial charge is 0.222 e. The molecule has 0 aliphatic heterocycles. The highest BCUT2D eigenvalue weighted by Crippen LogP contribution is 2.04. The molecule has 78 valence electrons. The monoisotopic (exact) mass is 327 g/mol. The van der Waals surface area contributed by atoms with Crippen molar-refractivity contribution in [3.63, 3.8) is 0 Å². The second-order valence-electron chi connectivity index (χ2n) is 2.66. The zero-order valence-corrected chi connectivity index (χ0v) is 10.6. The lowest BCUT2D eigenvalue weighted by molar-refractivity contribution is 0.200. The van der Waals surface area contributed by atoms with Crippen LogP contribution in [0.4, 0.5) is 5.95 Å². The summed E-state index contributed by atoms with van der Waals surface area (Å²) in [7, 11) is 1.62. The Balaban J connectivity index is 2.34. The zero-order valence-electron chi connectivity index (χ0n) is 7.70. The predicted molar refractivity (Wildman–Crippen MR) is 64.8 cm³/mol. The molecule has 0 radical (unpaired) electrons. The van der Waals surface area contributed by atoms with E-state index in [9.17, 15) is 0 Å². The minimum atomic E-state index is -0.0668. The highest BCUT2D eigenvalue weighted by atomic mass is 127. The fraction of sp³-hybridized carbons (Fsp3) is 0.500. The molecular formula is C8H11ClIN3O. The van der Waals surface area contributed by atoms with E-state index in [4.69, 9.17) is 16.3 Å². The summed E-state index contributed by atoms with van der Waals surface area (Å²) in [6, 6.07) is 0. The van der Waals surface area contributed by atoms with E-state index >= 15 is 0 Å². The zero-order chi connectivity index (χ0) is 10.4. The molecule has 0 spiro atoms. The Labute approximate surface area is 102 Å². The van der Waals surface area contributed by atoms with Crippen LogP contribution in [-0.2, 0) is 4.74 Å². The molecule has 1 heterocycles. The molecule has 6 heteroatoms. The molecule has 0 amide bonds. The molecule has 0 saturated heterocycles. The second kappa shape index (κ2) is 6.36. The topological polar surface area (TPSA) is 47.0 Å². The van der Waals surface area contributed by atoms with Gasteiger partial charge in [-0.1, -0.05) is 0 Å². The van der Waals surface area contributed by atoms with Crippen molar-refractivity contribution in [3.8, 4) is 0 Å². The number of halogens is 2. The number of nitrogens with one attached hydrogen (secondary N) is 1. The number of methoxy groups -OCH3 is 1. The number of alkyl halides is 1. The largest absolute Gasteiger partial charge is 0.383 e. The van der Waals surface area contributed by atoms with Crippen LogP contribution in [0.25, 0.3) is 0 Å². The third kappa shape index (κ3) is 4.39. The van der Waals surface area contributed by atoms with Crippen molar-refractivity contribution in [3.05, 3.63) is 16.0 Å². The molecule has 1 rings (SSSR count). The second-order valence-corrected chi connectivity index (χ2v) is 4.52. The molecule has 0 fully saturated rings. The fourth-order valence-corrected chi connectivity index (χ4v) is 1.33. The van der Waals surface area contributed by atoms with Gasteiger partial charge < -0.3 is 10.1 Å². The summed E-state index contributed by atoms with van der Waals surface area (Å²) < 4.78 is 5.90. The molecule has 0 aliphatic rings. The Bertz CT molecular complexity index is 270.